The minimum atomic E-state index is -0.0596. The van der Waals surface area contributed by atoms with Gasteiger partial charge in [-0.05, 0) is 45.8 Å². The predicted molar refractivity (Wildman–Crippen MR) is 79.6 cm³/mol. The Labute approximate surface area is 116 Å². The van der Waals surface area contributed by atoms with Gasteiger partial charge in [-0.1, -0.05) is 25.1 Å². The highest BCUT2D eigenvalue weighted by molar-refractivity contribution is 5.45. The third-order valence-electron chi connectivity index (χ3n) is 4.71. The molecule has 1 heterocycles. The number of aryl methyl sites for hydroxylation is 1. The molecule has 3 heteroatoms. The number of nitrogens with two attached hydrogens (primary N) is 1. The van der Waals surface area contributed by atoms with Gasteiger partial charge in [-0.25, -0.2) is 0 Å². The molecule has 0 spiro atoms. The fraction of sp³-hybridized carbons (Fsp3) is 0.625. The van der Waals surface area contributed by atoms with Gasteiger partial charge in [-0.15, -0.1) is 0 Å². The van der Waals surface area contributed by atoms with Crippen molar-refractivity contribution < 1.29 is 4.74 Å². The minimum absolute atomic E-state index is 0.0412. The first-order valence-electron chi connectivity index (χ1n) is 7.18. The molecule has 3 nitrogen and oxygen atoms in total. The average Bonchev–Trinajstić information content (AvgIpc) is 2.44. The van der Waals surface area contributed by atoms with Gasteiger partial charge in [0.05, 0.1) is 12.6 Å². The lowest BCUT2D eigenvalue weighted by molar-refractivity contribution is 0.129. The van der Waals surface area contributed by atoms with Crippen LogP contribution in [0.3, 0.4) is 0 Å². The summed E-state index contributed by atoms with van der Waals surface area (Å²) in [6, 6.07) is 6.34. The number of fused-ring (bicyclic) bond motifs is 1. The van der Waals surface area contributed by atoms with E-state index in [0.29, 0.717) is 0 Å². The smallest absolute Gasteiger partial charge is 0.127 e. The second-order valence-corrected chi connectivity index (χ2v) is 5.87. The van der Waals surface area contributed by atoms with Crippen LogP contribution in [0.25, 0.3) is 0 Å². The first-order valence-corrected chi connectivity index (χ1v) is 7.18. The van der Waals surface area contributed by atoms with Crippen molar-refractivity contribution in [1.82, 2.24) is 4.90 Å². The summed E-state index contributed by atoms with van der Waals surface area (Å²) in [7, 11) is 4.19. The number of para-hydroxylation sites is 1. The molecule has 1 aromatic carbocycles. The van der Waals surface area contributed by atoms with E-state index in [1.54, 1.807) is 0 Å². The van der Waals surface area contributed by atoms with Crippen LogP contribution in [-0.4, -0.2) is 31.1 Å². The van der Waals surface area contributed by atoms with Crippen molar-refractivity contribution in [1.29, 1.82) is 0 Å². The van der Waals surface area contributed by atoms with E-state index in [4.69, 9.17) is 10.5 Å². The Balaban J connectivity index is 2.41. The molecule has 0 radical (unpaired) electrons. The largest absolute Gasteiger partial charge is 0.493 e. The van der Waals surface area contributed by atoms with Gasteiger partial charge in [0.25, 0.3) is 0 Å². The average molecular weight is 262 g/mol. The summed E-state index contributed by atoms with van der Waals surface area (Å²) >= 11 is 0. The minimum Gasteiger partial charge on any atom is -0.493 e. The van der Waals surface area contributed by atoms with Gasteiger partial charge >= 0.3 is 0 Å². The first-order chi connectivity index (χ1) is 9.00. The third-order valence-corrected chi connectivity index (χ3v) is 4.71. The molecule has 0 bridgehead atoms. The number of hydrogen-bond acceptors (Lipinski definition) is 3. The maximum absolute atomic E-state index is 6.59. The van der Waals surface area contributed by atoms with Crippen LogP contribution in [0.15, 0.2) is 18.2 Å². The molecule has 0 fully saturated rings. The van der Waals surface area contributed by atoms with E-state index in [0.717, 1.165) is 37.2 Å². The number of likely N-dealkylation sites (N-methyl/N-ethyl adjacent to an activating group) is 1. The number of benzene rings is 1. The number of hydrogen-bond donors (Lipinski definition) is 1. The maximum atomic E-state index is 6.59. The zero-order valence-electron chi connectivity index (χ0n) is 12.6. The Bertz CT molecular complexity index is 444. The summed E-state index contributed by atoms with van der Waals surface area (Å²) in [6.07, 6.45) is 3.20. The fourth-order valence-corrected chi connectivity index (χ4v) is 2.81. The van der Waals surface area contributed by atoms with Gasteiger partial charge in [-0.3, -0.25) is 0 Å². The predicted octanol–water partition coefficient (Wildman–Crippen LogP) is 2.74. The molecule has 0 saturated heterocycles. The second kappa shape index (κ2) is 5.51. The molecule has 0 saturated carbocycles. The number of ether oxygens (including phenoxy) is 1. The van der Waals surface area contributed by atoms with Crippen molar-refractivity contribution in [3.05, 3.63) is 29.3 Å². The van der Waals surface area contributed by atoms with Crippen molar-refractivity contribution in [2.45, 2.75) is 44.7 Å². The van der Waals surface area contributed by atoms with Crippen LogP contribution in [0, 0.1) is 0 Å². The zero-order valence-corrected chi connectivity index (χ0v) is 12.6. The van der Waals surface area contributed by atoms with Gasteiger partial charge < -0.3 is 15.4 Å². The lowest BCUT2D eigenvalue weighted by Crippen LogP contribution is -2.49. The van der Waals surface area contributed by atoms with Crippen LogP contribution >= 0.6 is 0 Å². The van der Waals surface area contributed by atoms with Crippen LogP contribution in [0.2, 0.25) is 0 Å². The molecule has 0 aliphatic carbocycles. The van der Waals surface area contributed by atoms with E-state index >= 15 is 0 Å². The SMILES string of the molecule is CCC(C)(C(N)c1cccc2c1OCCC2)N(C)C. The fourth-order valence-electron chi connectivity index (χ4n) is 2.81. The van der Waals surface area contributed by atoms with Gasteiger partial charge in [0.1, 0.15) is 5.75 Å². The molecule has 1 aromatic rings. The van der Waals surface area contributed by atoms with Crippen molar-refractivity contribution in [3.8, 4) is 5.75 Å². The lowest BCUT2D eigenvalue weighted by Gasteiger charge is -2.41. The molecule has 0 amide bonds. The summed E-state index contributed by atoms with van der Waals surface area (Å²) in [5, 5.41) is 0. The Hall–Kier alpha value is -1.06. The van der Waals surface area contributed by atoms with Crippen molar-refractivity contribution in [3.63, 3.8) is 0 Å². The quantitative estimate of drug-likeness (QED) is 0.906. The Morgan fingerprint density at radius 1 is 1.42 bits per heavy atom. The van der Waals surface area contributed by atoms with Gasteiger partial charge in [-0.2, -0.15) is 0 Å². The summed E-state index contributed by atoms with van der Waals surface area (Å²) in [4.78, 5) is 2.22. The zero-order chi connectivity index (χ0) is 14.0. The lowest BCUT2D eigenvalue weighted by atomic mass is 9.82. The number of nitrogens with zero attached hydrogens (tertiary/aromatic N) is 1. The molecule has 2 rings (SSSR count). The van der Waals surface area contributed by atoms with E-state index in [9.17, 15) is 0 Å². The van der Waals surface area contributed by atoms with E-state index in [1.165, 1.54) is 5.56 Å². The van der Waals surface area contributed by atoms with E-state index in [1.807, 2.05) is 0 Å². The standard InChI is InChI=1S/C16H26N2O/c1-5-16(2,18(3)4)15(17)13-10-6-8-12-9-7-11-19-14(12)13/h6,8,10,15H,5,7,9,11,17H2,1-4H3. The van der Waals surface area contributed by atoms with Crippen LogP contribution < -0.4 is 10.5 Å². The van der Waals surface area contributed by atoms with Crippen molar-refractivity contribution >= 4 is 0 Å². The maximum Gasteiger partial charge on any atom is 0.127 e. The summed E-state index contributed by atoms with van der Waals surface area (Å²) < 4.78 is 5.90. The van der Waals surface area contributed by atoms with E-state index < -0.39 is 0 Å². The molecule has 106 valence electrons. The molecule has 1 aliphatic rings. The monoisotopic (exact) mass is 262 g/mol. The topological polar surface area (TPSA) is 38.5 Å². The van der Waals surface area contributed by atoms with Gasteiger partial charge in [0.2, 0.25) is 0 Å². The summed E-state index contributed by atoms with van der Waals surface area (Å²) in [5.74, 6) is 1.03. The summed E-state index contributed by atoms with van der Waals surface area (Å²) in [6.45, 7) is 5.22. The Morgan fingerprint density at radius 2 is 2.16 bits per heavy atom. The Kier molecular flexibility index (Phi) is 4.16. The first kappa shape index (κ1) is 14.4. The Morgan fingerprint density at radius 3 is 2.79 bits per heavy atom. The van der Waals surface area contributed by atoms with Crippen molar-refractivity contribution in [2.75, 3.05) is 20.7 Å². The molecule has 2 atom stereocenters. The molecule has 19 heavy (non-hydrogen) atoms. The normalized spacial score (nSPS) is 19.5. The van der Waals surface area contributed by atoms with Gasteiger partial charge in [0.15, 0.2) is 0 Å². The van der Waals surface area contributed by atoms with E-state index in [-0.39, 0.29) is 11.6 Å². The van der Waals surface area contributed by atoms with Crippen LogP contribution in [0.4, 0.5) is 0 Å². The van der Waals surface area contributed by atoms with Crippen LogP contribution in [-0.2, 0) is 6.42 Å². The number of rotatable bonds is 4. The molecule has 1 aliphatic heterocycles. The van der Waals surface area contributed by atoms with Crippen LogP contribution in [0.1, 0.15) is 43.9 Å². The highest BCUT2D eigenvalue weighted by Gasteiger charge is 2.35. The van der Waals surface area contributed by atoms with E-state index in [2.05, 4.69) is 51.0 Å². The molecular formula is C16H26N2O. The molecule has 2 N–H and O–H groups in total. The van der Waals surface area contributed by atoms with Gasteiger partial charge in [0, 0.05) is 11.1 Å². The van der Waals surface area contributed by atoms with Crippen molar-refractivity contribution in [2.24, 2.45) is 5.73 Å². The second-order valence-electron chi connectivity index (χ2n) is 5.87. The molecule has 2 unspecified atom stereocenters. The summed E-state index contributed by atoms with van der Waals surface area (Å²) in [5.41, 5.74) is 8.98. The molecule has 0 aromatic heterocycles. The third kappa shape index (κ3) is 2.49. The molecular weight excluding hydrogens is 236 g/mol. The van der Waals surface area contributed by atoms with Crippen LogP contribution in [0.5, 0.6) is 5.75 Å². The highest BCUT2D eigenvalue weighted by Crippen LogP contribution is 2.38. The highest BCUT2D eigenvalue weighted by atomic mass is 16.5.